The molecule has 6 heteroatoms. The standard InChI is InChI=1S/C21H22N4O2/c1-24(2)21(27)17-10-8-16(9-11-17)20(26)22-14-12-18-13-15-25(23-18)19-6-4-3-5-7-19/h3-11,13,15H,12,14H2,1-2H3,(H,22,26). The first kappa shape index (κ1) is 18.4. The molecular formula is C21H22N4O2. The molecule has 0 fully saturated rings. The topological polar surface area (TPSA) is 67.2 Å². The second-order valence-electron chi connectivity index (χ2n) is 6.37. The Morgan fingerprint density at radius 3 is 2.30 bits per heavy atom. The number of hydrogen-bond donors (Lipinski definition) is 1. The molecule has 0 radical (unpaired) electrons. The molecule has 0 unspecified atom stereocenters. The van der Waals surface area contributed by atoms with Gasteiger partial charge in [-0.05, 0) is 42.5 Å². The molecule has 0 spiro atoms. The van der Waals surface area contributed by atoms with Crippen molar-refractivity contribution in [2.24, 2.45) is 0 Å². The van der Waals surface area contributed by atoms with Crippen LogP contribution in [0.1, 0.15) is 26.4 Å². The average molecular weight is 362 g/mol. The van der Waals surface area contributed by atoms with Gasteiger partial charge in [0.25, 0.3) is 11.8 Å². The van der Waals surface area contributed by atoms with Crippen LogP contribution in [-0.4, -0.2) is 47.1 Å². The molecule has 0 bridgehead atoms. The molecule has 0 saturated heterocycles. The van der Waals surface area contributed by atoms with E-state index in [-0.39, 0.29) is 11.8 Å². The zero-order valence-electron chi connectivity index (χ0n) is 15.4. The van der Waals surface area contributed by atoms with Gasteiger partial charge in [0.15, 0.2) is 0 Å². The third kappa shape index (κ3) is 4.61. The fourth-order valence-corrected chi connectivity index (χ4v) is 2.65. The minimum Gasteiger partial charge on any atom is -0.352 e. The quantitative estimate of drug-likeness (QED) is 0.733. The Morgan fingerprint density at radius 2 is 1.63 bits per heavy atom. The summed E-state index contributed by atoms with van der Waals surface area (Å²) in [7, 11) is 3.39. The molecule has 2 amide bonds. The average Bonchev–Trinajstić information content (AvgIpc) is 3.17. The lowest BCUT2D eigenvalue weighted by molar-refractivity contribution is 0.0826. The van der Waals surface area contributed by atoms with E-state index < -0.39 is 0 Å². The van der Waals surface area contributed by atoms with Gasteiger partial charge in [-0.1, -0.05) is 18.2 Å². The zero-order valence-corrected chi connectivity index (χ0v) is 15.4. The van der Waals surface area contributed by atoms with E-state index in [0.29, 0.717) is 24.1 Å². The molecule has 1 aromatic heterocycles. The first-order chi connectivity index (χ1) is 13.0. The maximum absolute atomic E-state index is 12.2. The van der Waals surface area contributed by atoms with Crippen molar-refractivity contribution in [3.63, 3.8) is 0 Å². The van der Waals surface area contributed by atoms with E-state index in [2.05, 4.69) is 10.4 Å². The Hall–Kier alpha value is -3.41. The number of para-hydroxylation sites is 1. The maximum atomic E-state index is 12.2. The molecule has 0 aliphatic rings. The number of nitrogens with zero attached hydrogens (tertiary/aromatic N) is 3. The number of nitrogens with one attached hydrogen (secondary N) is 1. The summed E-state index contributed by atoms with van der Waals surface area (Å²) >= 11 is 0. The SMILES string of the molecule is CN(C)C(=O)c1ccc(C(=O)NCCc2ccn(-c3ccccc3)n2)cc1. The molecule has 138 valence electrons. The van der Waals surface area contributed by atoms with E-state index in [1.54, 1.807) is 38.4 Å². The number of aromatic nitrogens is 2. The van der Waals surface area contributed by atoms with E-state index in [0.717, 1.165) is 11.4 Å². The molecule has 0 aliphatic carbocycles. The van der Waals surface area contributed by atoms with E-state index in [1.165, 1.54) is 4.90 Å². The largest absolute Gasteiger partial charge is 0.352 e. The molecule has 0 atom stereocenters. The normalized spacial score (nSPS) is 10.4. The van der Waals surface area contributed by atoms with Crippen molar-refractivity contribution in [2.75, 3.05) is 20.6 Å². The predicted octanol–water partition coefficient (Wildman–Crippen LogP) is 2.55. The van der Waals surface area contributed by atoms with Gasteiger partial charge in [0, 0.05) is 44.4 Å². The van der Waals surface area contributed by atoms with E-state index >= 15 is 0 Å². The molecule has 1 N–H and O–H groups in total. The highest BCUT2D eigenvalue weighted by Crippen LogP contribution is 2.08. The molecule has 27 heavy (non-hydrogen) atoms. The summed E-state index contributed by atoms with van der Waals surface area (Å²) in [5.74, 6) is -0.252. The van der Waals surface area contributed by atoms with E-state index in [1.807, 2.05) is 47.3 Å². The third-order valence-electron chi connectivity index (χ3n) is 4.13. The summed E-state index contributed by atoms with van der Waals surface area (Å²) in [6, 6.07) is 18.5. The van der Waals surface area contributed by atoms with Gasteiger partial charge in [-0.25, -0.2) is 4.68 Å². The number of amides is 2. The van der Waals surface area contributed by atoms with Crippen molar-refractivity contribution < 1.29 is 9.59 Å². The summed E-state index contributed by atoms with van der Waals surface area (Å²) in [4.78, 5) is 25.6. The van der Waals surface area contributed by atoms with Crippen LogP contribution < -0.4 is 5.32 Å². The number of carbonyl (C=O) groups excluding carboxylic acids is 2. The number of benzene rings is 2. The van der Waals surface area contributed by atoms with Crippen LogP contribution >= 0.6 is 0 Å². The number of rotatable bonds is 6. The van der Waals surface area contributed by atoms with Crippen LogP contribution in [0.5, 0.6) is 0 Å². The van der Waals surface area contributed by atoms with Gasteiger partial charge in [-0.2, -0.15) is 5.10 Å². The van der Waals surface area contributed by atoms with E-state index in [4.69, 9.17) is 0 Å². The number of carbonyl (C=O) groups is 2. The van der Waals surface area contributed by atoms with Crippen LogP contribution in [0, 0.1) is 0 Å². The van der Waals surface area contributed by atoms with Gasteiger partial charge < -0.3 is 10.2 Å². The third-order valence-corrected chi connectivity index (χ3v) is 4.13. The van der Waals surface area contributed by atoms with Crippen molar-refractivity contribution in [3.8, 4) is 5.69 Å². The summed E-state index contributed by atoms with van der Waals surface area (Å²) in [6.07, 6.45) is 2.55. The van der Waals surface area contributed by atoms with Gasteiger partial charge in [-0.15, -0.1) is 0 Å². The molecule has 1 heterocycles. The minimum atomic E-state index is -0.165. The predicted molar refractivity (Wildman–Crippen MR) is 104 cm³/mol. The molecule has 0 saturated carbocycles. The van der Waals surface area contributed by atoms with Crippen LogP contribution in [-0.2, 0) is 6.42 Å². The van der Waals surface area contributed by atoms with Crippen LogP contribution in [0.3, 0.4) is 0 Å². The highest BCUT2D eigenvalue weighted by Gasteiger charge is 2.10. The van der Waals surface area contributed by atoms with Crippen LogP contribution in [0.15, 0.2) is 66.9 Å². The minimum absolute atomic E-state index is 0.0871. The molecule has 6 nitrogen and oxygen atoms in total. The van der Waals surface area contributed by atoms with Crippen molar-refractivity contribution in [1.29, 1.82) is 0 Å². The Morgan fingerprint density at radius 1 is 0.963 bits per heavy atom. The lowest BCUT2D eigenvalue weighted by Gasteiger charge is -2.10. The van der Waals surface area contributed by atoms with Gasteiger partial charge in [0.1, 0.15) is 0 Å². The molecule has 3 rings (SSSR count). The van der Waals surface area contributed by atoms with Crippen molar-refractivity contribution >= 4 is 11.8 Å². The molecular weight excluding hydrogens is 340 g/mol. The molecule has 3 aromatic rings. The second-order valence-corrected chi connectivity index (χ2v) is 6.37. The smallest absolute Gasteiger partial charge is 0.253 e. The van der Waals surface area contributed by atoms with Gasteiger partial charge in [0.2, 0.25) is 0 Å². The highest BCUT2D eigenvalue weighted by molar-refractivity contribution is 5.97. The first-order valence-corrected chi connectivity index (χ1v) is 8.74. The van der Waals surface area contributed by atoms with Crippen LogP contribution in [0.4, 0.5) is 0 Å². The molecule has 0 aliphatic heterocycles. The van der Waals surface area contributed by atoms with Crippen LogP contribution in [0.25, 0.3) is 5.69 Å². The number of hydrogen-bond acceptors (Lipinski definition) is 3. The highest BCUT2D eigenvalue weighted by atomic mass is 16.2. The van der Waals surface area contributed by atoms with Crippen molar-refractivity contribution in [1.82, 2.24) is 20.0 Å². The van der Waals surface area contributed by atoms with Gasteiger partial charge in [0.05, 0.1) is 11.4 Å². The Kier molecular flexibility index (Phi) is 5.66. The zero-order chi connectivity index (χ0) is 19.2. The van der Waals surface area contributed by atoms with Crippen LogP contribution in [0.2, 0.25) is 0 Å². The summed E-state index contributed by atoms with van der Waals surface area (Å²) < 4.78 is 1.82. The Bertz CT molecular complexity index is 915. The fourth-order valence-electron chi connectivity index (χ4n) is 2.65. The lowest BCUT2D eigenvalue weighted by atomic mass is 10.1. The van der Waals surface area contributed by atoms with Gasteiger partial charge in [-0.3, -0.25) is 9.59 Å². The maximum Gasteiger partial charge on any atom is 0.253 e. The second kappa shape index (κ2) is 8.31. The fraction of sp³-hybridized carbons (Fsp3) is 0.190. The lowest BCUT2D eigenvalue weighted by Crippen LogP contribution is -2.26. The van der Waals surface area contributed by atoms with E-state index in [9.17, 15) is 9.59 Å². The Balaban J connectivity index is 1.53. The Labute approximate surface area is 158 Å². The summed E-state index contributed by atoms with van der Waals surface area (Å²) in [5, 5.41) is 7.41. The van der Waals surface area contributed by atoms with Crippen molar-refractivity contribution in [2.45, 2.75) is 6.42 Å². The molecule has 2 aromatic carbocycles. The summed E-state index contributed by atoms with van der Waals surface area (Å²) in [5.41, 5.74) is 2.99. The van der Waals surface area contributed by atoms with Gasteiger partial charge >= 0.3 is 0 Å². The first-order valence-electron chi connectivity index (χ1n) is 8.74. The summed E-state index contributed by atoms with van der Waals surface area (Å²) in [6.45, 7) is 0.489. The van der Waals surface area contributed by atoms with Crippen molar-refractivity contribution in [3.05, 3.63) is 83.7 Å². The monoisotopic (exact) mass is 362 g/mol.